The van der Waals surface area contributed by atoms with Gasteiger partial charge in [-0.05, 0) is 45.2 Å². The fraction of sp³-hybridized carbons (Fsp3) is 0.647. The first-order valence-electron chi connectivity index (χ1n) is 7.60. The van der Waals surface area contributed by atoms with Crippen LogP contribution in [0.1, 0.15) is 48.5 Å². The molecule has 0 amide bonds. The van der Waals surface area contributed by atoms with Gasteiger partial charge in [0.05, 0.1) is 11.9 Å². The monoisotopic (exact) mass is 345 g/mol. The molecule has 0 aliphatic carbocycles. The highest BCUT2D eigenvalue weighted by Crippen LogP contribution is 2.37. The lowest BCUT2D eigenvalue weighted by molar-refractivity contribution is 0.104. The summed E-state index contributed by atoms with van der Waals surface area (Å²) in [6.45, 7) is 13.3. The highest BCUT2D eigenvalue weighted by molar-refractivity contribution is 7.92. The Labute approximate surface area is 139 Å². The van der Waals surface area contributed by atoms with Crippen molar-refractivity contribution in [2.24, 2.45) is 5.41 Å². The number of sulfonamides is 1. The Bertz CT molecular complexity index is 657. The molecule has 0 fully saturated rings. The average molecular weight is 345 g/mol. The Hall–Kier alpha value is -1.30. The van der Waals surface area contributed by atoms with Gasteiger partial charge in [-0.3, -0.25) is 4.31 Å². The predicted molar refractivity (Wildman–Crippen MR) is 93.0 cm³/mol. The first kappa shape index (κ1) is 19.7. The summed E-state index contributed by atoms with van der Waals surface area (Å²) in [5, 5.41) is 0. The number of hydrogen-bond donors (Lipinski definition) is 0. The topological polar surface area (TPSA) is 46.6 Å². The highest BCUT2D eigenvalue weighted by Gasteiger charge is 2.33. The van der Waals surface area contributed by atoms with Gasteiger partial charge in [0, 0.05) is 11.6 Å². The van der Waals surface area contributed by atoms with Crippen molar-refractivity contribution in [1.82, 2.24) is 0 Å². The molecule has 6 heteroatoms. The van der Waals surface area contributed by atoms with Crippen molar-refractivity contribution < 1.29 is 17.5 Å². The van der Waals surface area contributed by atoms with Gasteiger partial charge < -0.3 is 4.74 Å². The molecule has 0 aliphatic heterocycles. The fourth-order valence-corrected chi connectivity index (χ4v) is 3.65. The van der Waals surface area contributed by atoms with Crippen LogP contribution in [-0.4, -0.2) is 26.3 Å². The predicted octanol–water partition coefficient (Wildman–Crippen LogP) is 4.20. The first-order valence-corrected chi connectivity index (χ1v) is 9.45. The zero-order chi connectivity index (χ0) is 18.2. The number of anilines is 1. The fourth-order valence-electron chi connectivity index (χ4n) is 2.15. The standard InChI is InChI=1S/C17H28FNO3S/c1-12(16(2,3)4)22-15-10-9-13(18)11-14(15)19(17(5,6)7)23(8,20)21/h9-12H,1-8H3. The quantitative estimate of drug-likeness (QED) is 0.821. The van der Waals surface area contributed by atoms with E-state index in [1.54, 1.807) is 20.8 Å². The van der Waals surface area contributed by atoms with Crippen LogP contribution in [0.2, 0.25) is 0 Å². The van der Waals surface area contributed by atoms with Crippen LogP contribution in [0.3, 0.4) is 0 Å². The van der Waals surface area contributed by atoms with Gasteiger partial charge in [-0.2, -0.15) is 0 Å². The van der Waals surface area contributed by atoms with E-state index in [-0.39, 0.29) is 17.2 Å². The SMILES string of the molecule is CC(Oc1ccc(F)cc1N(C(C)(C)C)S(C)(=O)=O)C(C)(C)C. The summed E-state index contributed by atoms with van der Waals surface area (Å²) in [7, 11) is -3.60. The Morgan fingerprint density at radius 3 is 2.04 bits per heavy atom. The Morgan fingerprint density at radius 2 is 1.65 bits per heavy atom. The minimum Gasteiger partial charge on any atom is -0.488 e. The number of rotatable bonds is 4. The zero-order valence-corrected chi connectivity index (χ0v) is 16.1. The van der Waals surface area contributed by atoms with E-state index < -0.39 is 21.4 Å². The lowest BCUT2D eigenvalue weighted by atomic mass is 9.90. The van der Waals surface area contributed by atoms with E-state index in [9.17, 15) is 12.8 Å². The summed E-state index contributed by atoms with van der Waals surface area (Å²) in [4.78, 5) is 0. The third-order valence-corrected chi connectivity index (χ3v) is 5.01. The summed E-state index contributed by atoms with van der Waals surface area (Å²) in [5.41, 5.74) is -0.663. The van der Waals surface area contributed by atoms with Crippen LogP contribution < -0.4 is 9.04 Å². The normalized spacial score (nSPS) is 14.5. The summed E-state index contributed by atoms with van der Waals surface area (Å²) in [6.07, 6.45) is 0.938. The van der Waals surface area contributed by atoms with Gasteiger partial charge in [0.25, 0.3) is 0 Å². The number of nitrogens with zero attached hydrogens (tertiary/aromatic N) is 1. The molecule has 0 aliphatic rings. The number of ether oxygens (including phenoxy) is 1. The van der Waals surface area contributed by atoms with Crippen molar-refractivity contribution in [3.8, 4) is 5.75 Å². The molecule has 0 radical (unpaired) electrons. The second kappa shape index (κ2) is 6.30. The Morgan fingerprint density at radius 1 is 1.13 bits per heavy atom. The van der Waals surface area contributed by atoms with Crippen LogP contribution in [0.15, 0.2) is 18.2 Å². The zero-order valence-electron chi connectivity index (χ0n) is 15.3. The highest BCUT2D eigenvalue weighted by atomic mass is 32.2. The van der Waals surface area contributed by atoms with Crippen LogP contribution in [0.4, 0.5) is 10.1 Å². The molecule has 0 heterocycles. The van der Waals surface area contributed by atoms with E-state index in [0.29, 0.717) is 5.75 Å². The number of benzene rings is 1. The maximum absolute atomic E-state index is 13.8. The van der Waals surface area contributed by atoms with E-state index in [2.05, 4.69) is 0 Å². The molecule has 0 spiro atoms. The minimum absolute atomic E-state index is 0.136. The number of halogens is 1. The first-order chi connectivity index (χ1) is 10.1. The molecule has 1 aromatic carbocycles. The molecule has 1 rings (SSSR count). The van der Waals surface area contributed by atoms with E-state index in [1.807, 2.05) is 27.7 Å². The second-order valence-corrected chi connectivity index (χ2v) is 9.77. The molecular formula is C17H28FNO3S. The lowest BCUT2D eigenvalue weighted by Gasteiger charge is -2.37. The molecule has 1 atom stereocenters. The molecule has 0 bridgehead atoms. The van der Waals surface area contributed by atoms with Crippen molar-refractivity contribution in [3.05, 3.63) is 24.0 Å². The van der Waals surface area contributed by atoms with Crippen LogP contribution >= 0.6 is 0 Å². The van der Waals surface area contributed by atoms with E-state index >= 15 is 0 Å². The van der Waals surface area contributed by atoms with Crippen LogP contribution in [0, 0.1) is 11.2 Å². The van der Waals surface area contributed by atoms with Gasteiger partial charge in [-0.15, -0.1) is 0 Å². The van der Waals surface area contributed by atoms with Crippen LogP contribution in [0.25, 0.3) is 0 Å². The third-order valence-electron chi connectivity index (χ3n) is 3.60. The van der Waals surface area contributed by atoms with Crippen molar-refractivity contribution in [3.63, 3.8) is 0 Å². The summed E-state index contributed by atoms with van der Waals surface area (Å²) < 4.78 is 45.5. The van der Waals surface area contributed by atoms with Gasteiger partial charge in [0.15, 0.2) is 0 Å². The molecular weight excluding hydrogens is 317 g/mol. The lowest BCUT2D eigenvalue weighted by Crippen LogP contribution is -2.45. The molecule has 23 heavy (non-hydrogen) atoms. The van der Waals surface area contributed by atoms with Gasteiger partial charge in [0.2, 0.25) is 10.0 Å². The summed E-state index contributed by atoms with van der Waals surface area (Å²) >= 11 is 0. The van der Waals surface area contributed by atoms with Crippen molar-refractivity contribution in [1.29, 1.82) is 0 Å². The smallest absolute Gasteiger partial charge is 0.232 e. The third kappa shape index (κ3) is 5.09. The van der Waals surface area contributed by atoms with Gasteiger partial charge in [-0.25, -0.2) is 12.8 Å². The van der Waals surface area contributed by atoms with Gasteiger partial charge in [-0.1, -0.05) is 20.8 Å². The Kier molecular flexibility index (Phi) is 5.41. The largest absolute Gasteiger partial charge is 0.488 e. The maximum Gasteiger partial charge on any atom is 0.232 e. The second-order valence-electron chi connectivity index (χ2n) is 7.94. The summed E-state index contributed by atoms with van der Waals surface area (Å²) in [5.74, 6) is -0.150. The van der Waals surface area contributed by atoms with Crippen LogP contribution in [-0.2, 0) is 10.0 Å². The van der Waals surface area contributed by atoms with Crippen molar-refractivity contribution in [2.75, 3.05) is 10.6 Å². The van der Waals surface area contributed by atoms with Gasteiger partial charge in [0.1, 0.15) is 17.7 Å². The Balaban J connectivity index is 3.48. The molecule has 0 aromatic heterocycles. The van der Waals surface area contributed by atoms with E-state index in [1.165, 1.54) is 22.5 Å². The molecule has 132 valence electrons. The molecule has 1 aromatic rings. The molecule has 0 saturated heterocycles. The van der Waals surface area contributed by atoms with E-state index in [0.717, 1.165) is 6.26 Å². The number of hydrogen-bond acceptors (Lipinski definition) is 3. The van der Waals surface area contributed by atoms with Crippen molar-refractivity contribution in [2.45, 2.75) is 60.1 Å². The molecule has 0 N–H and O–H groups in total. The average Bonchev–Trinajstić information content (AvgIpc) is 2.27. The maximum atomic E-state index is 13.8. The molecule has 4 nitrogen and oxygen atoms in total. The van der Waals surface area contributed by atoms with Crippen LogP contribution in [0.5, 0.6) is 5.75 Å². The molecule has 0 saturated carbocycles. The van der Waals surface area contributed by atoms with E-state index in [4.69, 9.17) is 4.74 Å². The van der Waals surface area contributed by atoms with Crippen molar-refractivity contribution >= 4 is 15.7 Å². The minimum atomic E-state index is -3.60. The summed E-state index contributed by atoms with van der Waals surface area (Å²) in [6, 6.07) is 3.96. The molecule has 1 unspecified atom stereocenters. The van der Waals surface area contributed by atoms with Gasteiger partial charge >= 0.3 is 0 Å².